The van der Waals surface area contributed by atoms with Crippen LogP contribution in [-0.4, -0.2) is 23.2 Å². The van der Waals surface area contributed by atoms with Crippen LogP contribution in [0.3, 0.4) is 0 Å². The predicted octanol–water partition coefficient (Wildman–Crippen LogP) is 3.01. The van der Waals surface area contributed by atoms with Crippen LogP contribution in [0.2, 0.25) is 5.02 Å². The molecule has 0 aliphatic carbocycles. The highest BCUT2D eigenvalue weighted by Gasteiger charge is 2.24. The Morgan fingerprint density at radius 3 is 2.68 bits per heavy atom. The summed E-state index contributed by atoms with van der Waals surface area (Å²) in [4.78, 5) is 11.9. The van der Waals surface area contributed by atoms with Gasteiger partial charge in [0.15, 0.2) is 0 Å². The minimum atomic E-state index is -1.03. The maximum atomic E-state index is 13.5. The van der Waals surface area contributed by atoms with Gasteiger partial charge in [0.1, 0.15) is 5.82 Å². The number of benzene rings is 1. The Labute approximate surface area is 117 Å². The van der Waals surface area contributed by atoms with Gasteiger partial charge in [-0.05, 0) is 31.4 Å². The van der Waals surface area contributed by atoms with Crippen molar-refractivity contribution in [3.63, 3.8) is 0 Å². The molecule has 2 N–H and O–H groups in total. The molecule has 0 heterocycles. The molecule has 0 saturated carbocycles. The summed E-state index contributed by atoms with van der Waals surface area (Å²) in [6, 6.07) is 4.06. The third-order valence-electron chi connectivity index (χ3n) is 2.67. The summed E-state index contributed by atoms with van der Waals surface area (Å²) >= 11 is 5.80. The third kappa shape index (κ3) is 4.80. The molecule has 1 rings (SSSR count). The number of nitrogens with one attached hydrogen (secondary N) is 1. The first-order valence-corrected chi connectivity index (χ1v) is 6.55. The van der Waals surface area contributed by atoms with Crippen molar-refractivity contribution in [1.29, 1.82) is 0 Å². The lowest BCUT2D eigenvalue weighted by Crippen LogP contribution is -2.41. The highest BCUT2D eigenvalue weighted by molar-refractivity contribution is 6.33. The fraction of sp³-hybridized carbons (Fsp3) is 0.500. The number of hydrogen-bond donors (Lipinski definition) is 2. The zero-order chi connectivity index (χ0) is 14.6. The zero-order valence-electron chi connectivity index (χ0n) is 11.3. The van der Waals surface area contributed by atoms with Gasteiger partial charge < -0.3 is 10.4 Å². The van der Waals surface area contributed by atoms with E-state index in [0.29, 0.717) is 12.3 Å². The zero-order valence-corrected chi connectivity index (χ0v) is 12.1. The average molecular weight is 288 g/mol. The Kier molecular flexibility index (Phi) is 5.32. The van der Waals surface area contributed by atoms with Gasteiger partial charge in [-0.3, -0.25) is 4.79 Å². The van der Waals surface area contributed by atoms with Gasteiger partial charge in [-0.2, -0.15) is 0 Å². The maximum Gasteiger partial charge on any atom is 0.255 e. The van der Waals surface area contributed by atoms with Crippen LogP contribution in [0.25, 0.3) is 0 Å². The van der Waals surface area contributed by atoms with Crippen LogP contribution in [0.15, 0.2) is 18.2 Å². The smallest absolute Gasteiger partial charge is 0.255 e. The fourth-order valence-corrected chi connectivity index (χ4v) is 2.27. The molecule has 1 atom stereocenters. The van der Waals surface area contributed by atoms with E-state index >= 15 is 0 Å². The van der Waals surface area contributed by atoms with Crippen LogP contribution in [0.4, 0.5) is 4.39 Å². The molecular weight excluding hydrogens is 269 g/mol. The minimum absolute atomic E-state index is 0.0503. The molecule has 19 heavy (non-hydrogen) atoms. The Bertz CT molecular complexity index is 441. The van der Waals surface area contributed by atoms with Crippen LogP contribution < -0.4 is 5.32 Å². The van der Waals surface area contributed by atoms with E-state index in [-0.39, 0.29) is 17.1 Å². The predicted molar refractivity (Wildman–Crippen MR) is 73.8 cm³/mol. The lowest BCUT2D eigenvalue weighted by molar-refractivity contribution is 0.0367. The molecule has 3 nitrogen and oxygen atoms in total. The molecule has 1 unspecified atom stereocenters. The van der Waals surface area contributed by atoms with E-state index in [1.807, 2.05) is 13.8 Å². The van der Waals surface area contributed by atoms with Crippen molar-refractivity contribution in [3.8, 4) is 0 Å². The Balaban J connectivity index is 2.71. The van der Waals surface area contributed by atoms with Crippen molar-refractivity contribution < 1.29 is 14.3 Å². The fourth-order valence-electron chi connectivity index (χ4n) is 2.03. The molecule has 0 aliphatic rings. The summed E-state index contributed by atoms with van der Waals surface area (Å²) in [5.41, 5.74) is -1.22. The van der Waals surface area contributed by atoms with Gasteiger partial charge in [0.25, 0.3) is 5.91 Å². The molecule has 0 radical (unpaired) electrons. The second kappa shape index (κ2) is 6.35. The topological polar surface area (TPSA) is 49.3 Å². The van der Waals surface area contributed by atoms with Gasteiger partial charge in [-0.25, -0.2) is 4.39 Å². The monoisotopic (exact) mass is 287 g/mol. The van der Waals surface area contributed by atoms with Crippen LogP contribution in [-0.2, 0) is 0 Å². The van der Waals surface area contributed by atoms with E-state index in [1.165, 1.54) is 18.2 Å². The minimum Gasteiger partial charge on any atom is -0.388 e. The van der Waals surface area contributed by atoms with Crippen LogP contribution in [0.1, 0.15) is 37.6 Å². The second-order valence-electron chi connectivity index (χ2n) is 5.37. The Morgan fingerprint density at radius 1 is 1.53 bits per heavy atom. The molecule has 5 heteroatoms. The van der Waals surface area contributed by atoms with Crippen molar-refractivity contribution in [3.05, 3.63) is 34.6 Å². The van der Waals surface area contributed by atoms with E-state index in [2.05, 4.69) is 5.32 Å². The largest absolute Gasteiger partial charge is 0.388 e. The van der Waals surface area contributed by atoms with Crippen molar-refractivity contribution in [2.75, 3.05) is 6.54 Å². The van der Waals surface area contributed by atoms with Crippen molar-refractivity contribution in [2.24, 2.45) is 5.92 Å². The van der Waals surface area contributed by atoms with E-state index in [1.54, 1.807) is 6.92 Å². The highest BCUT2D eigenvalue weighted by atomic mass is 35.5. The van der Waals surface area contributed by atoms with Crippen molar-refractivity contribution >= 4 is 17.5 Å². The van der Waals surface area contributed by atoms with Gasteiger partial charge in [0.05, 0.1) is 16.2 Å². The van der Waals surface area contributed by atoms with E-state index < -0.39 is 17.3 Å². The van der Waals surface area contributed by atoms with Gasteiger partial charge in [-0.1, -0.05) is 31.5 Å². The Hall–Kier alpha value is -1.13. The normalized spacial score (nSPS) is 14.3. The quantitative estimate of drug-likeness (QED) is 0.875. The Morgan fingerprint density at radius 2 is 2.16 bits per heavy atom. The average Bonchev–Trinajstić information content (AvgIpc) is 2.24. The highest BCUT2D eigenvalue weighted by Crippen LogP contribution is 2.19. The summed E-state index contributed by atoms with van der Waals surface area (Å²) < 4.78 is 13.5. The first-order valence-electron chi connectivity index (χ1n) is 6.17. The number of carbonyl (C=O) groups is 1. The molecule has 1 amide bonds. The molecule has 1 aromatic carbocycles. The number of rotatable bonds is 5. The number of amides is 1. The number of hydrogen-bond acceptors (Lipinski definition) is 2. The third-order valence-corrected chi connectivity index (χ3v) is 2.98. The van der Waals surface area contributed by atoms with Crippen molar-refractivity contribution in [2.45, 2.75) is 32.8 Å². The molecule has 106 valence electrons. The first-order chi connectivity index (χ1) is 8.73. The van der Waals surface area contributed by atoms with Crippen LogP contribution in [0, 0.1) is 11.7 Å². The number of aliphatic hydroxyl groups is 1. The molecule has 0 aromatic heterocycles. The molecule has 0 spiro atoms. The van der Waals surface area contributed by atoms with Gasteiger partial charge >= 0.3 is 0 Å². The van der Waals surface area contributed by atoms with Crippen LogP contribution in [0.5, 0.6) is 0 Å². The summed E-state index contributed by atoms with van der Waals surface area (Å²) in [6.07, 6.45) is 0.540. The van der Waals surface area contributed by atoms with E-state index in [0.717, 1.165) is 0 Å². The van der Waals surface area contributed by atoms with Gasteiger partial charge in [0, 0.05) is 6.54 Å². The standard InChI is InChI=1S/C14H19ClFNO2/c1-9(2)7-14(3,19)8-17-13(18)12-10(15)5-4-6-11(12)16/h4-6,9,19H,7-8H2,1-3H3,(H,17,18). The van der Waals surface area contributed by atoms with Crippen molar-refractivity contribution in [1.82, 2.24) is 5.32 Å². The molecule has 0 saturated heterocycles. The molecule has 1 aromatic rings. The SMILES string of the molecule is CC(C)CC(C)(O)CNC(=O)c1c(F)cccc1Cl. The van der Waals surface area contributed by atoms with Crippen LogP contribution >= 0.6 is 11.6 Å². The first kappa shape index (κ1) is 15.9. The van der Waals surface area contributed by atoms with E-state index in [9.17, 15) is 14.3 Å². The van der Waals surface area contributed by atoms with Gasteiger partial charge in [0.2, 0.25) is 0 Å². The summed E-state index contributed by atoms with van der Waals surface area (Å²) in [6.45, 7) is 5.64. The summed E-state index contributed by atoms with van der Waals surface area (Å²) in [7, 11) is 0. The molecular formula is C14H19ClFNO2. The maximum absolute atomic E-state index is 13.5. The number of carbonyl (C=O) groups excluding carboxylic acids is 1. The second-order valence-corrected chi connectivity index (χ2v) is 5.78. The lowest BCUT2D eigenvalue weighted by Gasteiger charge is -2.25. The molecule has 0 bridgehead atoms. The van der Waals surface area contributed by atoms with E-state index in [4.69, 9.17) is 11.6 Å². The summed E-state index contributed by atoms with van der Waals surface area (Å²) in [5, 5.41) is 12.6. The van der Waals surface area contributed by atoms with Gasteiger partial charge in [-0.15, -0.1) is 0 Å². The lowest BCUT2D eigenvalue weighted by atomic mass is 9.94. The number of halogens is 2. The molecule has 0 aliphatic heterocycles. The summed E-state index contributed by atoms with van der Waals surface area (Å²) in [5.74, 6) is -0.996. The molecule has 0 fully saturated rings.